The fourth-order valence-corrected chi connectivity index (χ4v) is 4.57. The van der Waals surface area contributed by atoms with Gasteiger partial charge >= 0.3 is 6.03 Å². The quantitative estimate of drug-likeness (QED) is 0.667. The molecule has 2 aromatic carbocycles. The Labute approximate surface area is 177 Å². The molecule has 3 rings (SSSR count). The molecule has 1 heterocycles. The van der Waals surface area contributed by atoms with Gasteiger partial charge in [-0.15, -0.1) is 0 Å². The maximum Gasteiger partial charge on any atom is 0.315 e. The molecule has 9 heteroatoms. The van der Waals surface area contributed by atoms with Gasteiger partial charge in [0.1, 0.15) is 13.2 Å². The average Bonchev–Trinajstić information content (AvgIpc) is 2.77. The van der Waals surface area contributed by atoms with Crippen molar-refractivity contribution in [1.82, 2.24) is 14.9 Å². The van der Waals surface area contributed by atoms with E-state index in [0.29, 0.717) is 50.9 Å². The summed E-state index contributed by atoms with van der Waals surface area (Å²) in [5.74, 6) is 1.39. The largest absolute Gasteiger partial charge is 0.486 e. The first-order valence-electron chi connectivity index (χ1n) is 9.93. The predicted molar refractivity (Wildman–Crippen MR) is 113 cm³/mol. The highest BCUT2D eigenvalue weighted by molar-refractivity contribution is 7.89. The maximum absolute atomic E-state index is 12.5. The number of hydrogen-bond donors (Lipinski definition) is 2. The first-order chi connectivity index (χ1) is 14.4. The van der Waals surface area contributed by atoms with E-state index < -0.39 is 10.0 Å². The van der Waals surface area contributed by atoms with Crippen LogP contribution < -0.4 is 20.1 Å². The molecule has 0 bridgehead atoms. The number of urea groups is 1. The van der Waals surface area contributed by atoms with Crippen molar-refractivity contribution in [3.05, 3.63) is 53.6 Å². The summed E-state index contributed by atoms with van der Waals surface area (Å²) in [6.45, 7) is 6.15. The lowest BCUT2D eigenvalue weighted by Gasteiger charge is -2.19. The van der Waals surface area contributed by atoms with Crippen molar-refractivity contribution >= 4 is 16.1 Å². The number of carbonyl (C=O) groups is 1. The highest BCUT2D eigenvalue weighted by atomic mass is 32.2. The molecule has 30 heavy (non-hydrogen) atoms. The van der Waals surface area contributed by atoms with E-state index in [1.165, 1.54) is 4.31 Å². The number of amides is 2. The van der Waals surface area contributed by atoms with E-state index in [4.69, 9.17) is 9.47 Å². The van der Waals surface area contributed by atoms with Gasteiger partial charge in [-0.05, 0) is 35.4 Å². The molecule has 0 aliphatic carbocycles. The summed E-state index contributed by atoms with van der Waals surface area (Å²) in [6.07, 6.45) is 0. The van der Waals surface area contributed by atoms with Crippen LogP contribution in [0.15, 0.2) is 47.4 Å². The summed E-state index contributed by atoms with van der Waals surface area (Å²) in [6, 6.07) is 11.8. The first kappa shape index (κ1) is 21.9. The van der Waals surface area contributed by atoms with Crippen molar-refractivity contribution in [3.63, 3.8) is 0 Å². The van der Waals surface area contributed by atoms with Crippen LogP contribution in [0.5, 0.6) is 11.5 Å². The van der Waals surface area contributed by atoms with Crippen LogP contribution in [0, 0.1) is 0 Å². The molecule has 0 aromatic heterocycles. The van der Waals surface area contributed by atoms with E-state index in [1.807, 2.05) is 32.0 Å². The van der Waals surface area contributed by atoms with Crippen LogP contribution in [-0.2, 0) is 23.1 Å². The number of nitrogens with one attached hydrogen (secondary N) is 2. The summed E-state index contributed by atoms with van der Waals surface area (Å²) in [5, 5.41) is 5.56. The molecule has 0 saturated carbocycles. The molecule has 0 spiro atoms. The van der Waals surface area contributed by atoms with Gasteiger partial charge < -0.3 is 20.1 Å². The Morgan fingerprint density at radius 2 is 1.47 bits per heavy atom. The Bertz CT molecular complexity index is 973. The Hall–Kier alpha value is -2.78. The van der Waals surface area contributed by atoms with E-state index in [-0.39, 0.29) is 10.9 Å². The topological polar surface area (TPSA) is 97.0 Å². The first-order valence-corrected chi connectivity index (χ1v) is 11.4. The van der Waals surface area contributed by atoms with Gasteiger partial charge in [-0.25, -0.2) is 13.2 Å². The Kier molecular flexibility index (Phi) is 7.17. The highest BCUT2D eigenvalue weighted by Gasteiger charge is 2.21. The van der Waals surface area contributed by atoms with Gasteiger partial charge in [-0.2, -0.15) is 4.31 Å². The molecular formula is C21H27N3O5S. The summed E-state index contributed by atoms with van der Waals surface area (Å²) in [5.41, 5.74) is 1.71. The van der Waals surface area contributed by atoms with Gasteiger partial charge in [0.2, 0.25) is 10.0 Å². The molecule has 0 fully saturated rings. The molecule has 0 radical (unpaired) electrons. The SMILES string of the molecule is CCN(CC)S(=O)(=O)c1ccc(CNC(=O)NCc2ccc3c(c2)OCCO3)cc1. The Balaban J connectivity index is 1.50. The second-order valence-electron chi connectivity index (χ2n) is 6.75. The maximum atomic E-state index is 12.5. The zero-order valence-corrected chi connectivity index (χ0v) is 18.0. The molecule has 2 amide bonds. The van der Waals surface area contributed by atoms with Gasteiger partial charge in [0.15, 0.2) is 11.5 Å². The summed E-state index contributed by atoms with van der Waals surface area (Å²) < 4.78 is 37.5. The van der Waals surface area contributed by atoms with Crippen molar-refractivity contribution in [2.24, 2.45) is 0 Å². The Morgan fingerprint density at radius 3 is 2.10 bits per heavy atom. The van der Waals surface area contributed by atoms with Crippen LogP contribution in [0.1, 0.15) is 25.0 Å². The molecule has 162 valence electrons. The molecule has 1 aliphatic rings. The van der Waals surface area contributed by atoms with Crippen molar-refractivity contribution in [1.29, 1.82) is 0 Å². The predicted octanol–water partition coefficient (Wildman–Crippen LogP) is 2.49. The van der Waals surface area contributed by atoms with Crippen LogP contribution in [0.2, 0.25) is 0 Å². The number of nitrogens with zero attached hydrogens (tertiary/aromatic N) is 1. The smallest absolute Gasteiger partial charge is 0.315 e. The molecule has 0 saturated heterocycles. The van der Waals surface area contributed by atoms with Crippen LogP contribution in [-0.4, -0.2) is 45.1 Å². The second-order valence-corrected chi connectivity index (χ2v) is 8.69. The van der Waals surface area contributed by atoms with E-state index in [1.54, 1.807) is 24.3 Å². The minimum atomic E-state index is -3.48. The number of fused-ring (bicyclic) bond motifs is 1. The third-order valence-electron chi connectivity index (χ3n) is 4.78. The zero-order valence-electron chi connectivity index (χ0n) is 17.2. The standard InChI is InChI=1S/C21H27N3O5S/c1-3-24(4-2)30(26,27)18-8-5-16(6-9-18)14-22-21(25)23-15-17-7-10-19-20(13-17)29-12-11-28-19/h5-10,13H,3-4,11-12,14-15H2,1-2H3,(H2,22,23,25). The normalized spacial score (nSPS) is 13.2. The lowest BCUT2D eigenvalue weighted by molar-refractivity contribution is 0.171. The van der Waals surface area contributed by atoms with Crippen molar-refractivity contribution in [3.8, 4) is 11.5 Å². The number of ether oxygens (including phenoxy) is 2. The molecule has 1 aliphatic heterocycles. The third-order valence-corrected chi connectivity index (χ3v) is 6.84. The molecule has 0 unspecified atom stereocenters. The molecular weight excluding hydrogens is 406 g/mol. The number of rotatable bonds is 8. The van der Waals surface area contributed by atoms with Crippen LogP contribution in [0.4, 0.5) is 4.79 Å². The van der Waals surface area contributed by atoms with Crippen LogP contribution >= 0.6 is 0 Å². The molecule has 0 atom stereocenters. The van der Waals surface area contributed by atoms with Crippen molar-refractivity contribution in [2.45, 2.75) is 31.8 Å². The fraction of sp³-hybridized carbons (Fsp3) is 0.381. The second kappa shape index (κ2) is 9.82. The molecule has 8 nitrogen and oxygen atoms in total. The minimum Gasteiger partial charge on any atom is -0.486 e. The monoisotopic (exact) mass is 433 g/mol. The zero-order chi connectivity index (χ0) is 21.6. The van der Waals surface area contributed by atoms with E-state index >= 15 is 0 Å². The van der Waals surface area contributed by atoms with Gasteiger partial charge in [0.05, 0.1) is 4.90 Å². The van der Waals surface area contributed by atoms with Crippen molar-refractivity contribution < 1.29 is 22.7 Å². The van der Waals surface area contributed by atoms with Crippen LogP contribution in [0.3, 0.4) is 0 Å². The highest BCUT2D eigenvalue weighted by Crippen LogP contribution is 2.30. The van der Waals surface area contributed by atoms with Gasteiger partial charge in [0, 0.05) is 26.2 Å². The van der Waals surface area contributed by atoms with E-state index in [2.05, 4.69) is 10.6 Å². The number of benzene rings is 2. The van der Waals surface area contributed by atoms with E-state index in [9.17, 15) is 13.2 Å². The third kappa shape index (κ3) is 5.22. The lowest BCUT2D eigenvalue weighted by atomic mass is 10.2. The summed E-state index contributed by atoms with van der Waals surface area (Å²) in [7, 11) is -3.48. The number of hydrogen-bond acceptors (Lipinski definition) is 5. The average molecular weight is 434 g/mol. The molecule has 2 N–H and O–H groups in total. The van der Waals surface area contributed by atoms with Gasteiger partial charge in [-0.1, -0.05) is 32.0 Å². The summed E-state index contributed by atoms with van der Waals surface area (Å²) >= 11 is 0. The lowest BCUT2D eigenvalue weighted by Crippen LogP contribution is -2.34. The van der Waals surface area contributed by atoms with Gasteiger partial charge in [0.25, 0.3) is 0 Å². The number of sulfonamides is 1. The fourth-order valence-electron chi connectivity index (χ4n) is 3.12. The number of carbonyl (C=O) groups excluding carboxylic acids is 1. The molecule has 2 aromatic rings. The Morgan fingerprint density at radius 1 is 0.900 bits per heavy atom. The van der Waals surface area contributed by atoms with E-state index in [0.717, 1.165) is 11.1 Å². The minimum absolute atomic E-state index is 0.248. The van der Waals surface area contributed by atoms with Gasteiger partial charge in [-0.3, -0.25) is 0 Å². The summed E-state index contributed by atoms with van der Waals surface area (Å²) in [4.78, 5) is 12.3. The van der Waals surface area contributed by atoms with Crippen LogP contribution in [0.25, 0.3) is 0 Å². The van der Waals surface area contributed by atoms with Crippen molar-refractivity contribution in [2.75, 3.05) is 26.3 Å².